The minimum atomic E-state index is -0.218. The molecule has 0 heterocycles. The molecule has 0 rings (SSSR count). The minimum Gasteiger partial charge on any atom is -0.370 e. The van der Waals surface area contributed by atoms with Gasteiger partial charge in [-0.2, -0.15) is 0 Å². The average molecular weight is 184 g/mol. The second kappa shape index (κ2) is 16.1. The van der Waals surface area contributed by atoms with Crippen LogP contribution in [0.15, 0.2) is 0 Å². The molecule has 1 unspecified atom stereocenters. The van der Waals surface area contributed by atoms with Gasteiger partial charge in [0, 0.05) is 42.2 Å². The molecule has 0 spiro atoms. The normalized spacial score (nSPS) is 5.00. The number of aliphatic hydroxyl groups excluding tert-OH is 1. The minimum absolute atomic E-state index is 0. The van der Waals surface area contributed by atoms with Crippen LogP contribution in [0, 0.1) is 7.43 Å². The van der Waals surface area contributed by atoms with Gasteiger partial charge < -0.3 is 17.1 Å². The molecule has 0 aromatic rings. The summed E-state index contributed by atoms with van der Waals surface area (Å²) in [4.78, 5) is 0. The van der Waals surface area contributed by atoms with Crippen molar-refractivity contribution in [2.45, 2.75) is 0 Å². The largest absolute Gasteiger partial charge is 0.370 e. The van der Waals surface area contributed by atoms with E-state index in [1.165, 1.54) is 0 Å². The van der Waals surface area contributed by atoms with Crippen LogP contribution in [-0.2, 0) is 37.2 Å². The van der Waals surface area contributed by atoms with Crippen molar-refractivity contribution in [2.75, 3.05) is 6.79 Å². The zero-order chi connectivity index (χ0) is 3.41. The number of hydrogen-bond donors (Lipinski definition) is 1. The summed E-state index contributed by atoms with van der Waals surface area (Å²) in [6, 6.07) is 0. The molecule has 0 fully saturated rings. The first-order chi connectivity index (χ1) is 1.91. The van der Waals surface area contributed by atoms with Gasteiger partial charge in [0.05, 0.1) is 0 Å². The Morgan fingerprint density at radius 1 is 1.67 bits per heavy atom. The molecule has 0 aromatic carbocycles. The van der Waals surface area contributed by atoms with E-state index in [0.717, 1.165) is 0 Å². The zero-order valence-electron chi connectivity index (χ0n) is 3.72. The molecular weight excluding hydrogens is 176 g/mol. The Labute approximate surface area is 65.8 Å². The van der Waals surface area contributed by atoms with Crippen molar-refractivity contribution in [3.8, 4) is 0 Å². The first-order valence-corrected chi connectivity index (χ1v) is 1.31. The van der Waals surface area contributed by atoms with Crippen molar-refractivity contribution < 1.29 is 42.3 Å². The van der Waals surface area contributed by atoms with Gasteiger partial charge in [0.1, 0.15) is 6.79 Å². The third-order valence-electron chi connectivity index (χ3n) is 0.0745. The predicted molar refractivity (Wildman–Crippen MR) is 24.3 cm³/mol. The summed E-state index contributed by atoms with van der Waals surface area (Å²) in [5, 5.41) is 7.63. The third kappa shape index (κ3) is 18.0. The summed E-state index contributed by atoms with van der Waals surface area (Å²) in [5.41, 5.74) is 0. The van der Waals surface area contributed by atoms with Crippen molar-refractivity contribution in [1.29, 1.82) is 0 Å². The summed E-state index contributed by atoms with van der Waals surface area (Å²) in [6.45, 7) is -0.218. The molecule has 0 aliphatic carbocycles. The van der Waals surface area contributed by atoms with E-state index >= 15 is 0 Å². The van der Waals surface area contributed by atoms with Crippen molar-refractivity contribution in [3.05, 3.63) is 7.43 Å². The molecule has 1 atom stereocenters. The Morgan fingerprint density at radius 2 is 1.83 bits per heavy atom. The summed E-state index contributed by atoms with van der Waals surface area (Å²) < 4.78 is 4.01. The van der Waals surface area contributed by atoms with E-state index in [9.17, 15) is 0 Å². The van der Waals surface area contributed by atoms with Crippen LogP contribution < -0.4 is 0 Å². The van der Waals surface area contributed by atoms with Crippen LogP contribution in [0.2, 0.25) is 0 Å². The van der Waals surface area contributed by atoms with E-state index in [-0.39, 0.29) is 46.9 Å². The average Bonchev–Trinajstić information content (AvgIpc) is 1.37. The van der Waals surface area contributed by atoms with E-state index in [0.29, 0.717) is 0 Å². The van der Waals surface area contributed by atoms with Gasteiger partial charge >= 0.3 is 0 Å². The molecule has 6 heavy (non-hydrogen) atoms. The standard InChI is InChI=1S/CH5O2P.CH3.Y/c2-1-3-4;;/h2H,1,4H2;1H3;/q;-1;. The fourth-order valence-corrected chi connectivity index (χ4v) is 0. The molecule has 2 nitrogen and oxygen atoms in total. The van der Waals surface area contributed by atoms with Crippen molar-refractivity contribution in [2.24, 2.45) is 0 Å². The van der Waals surface area contributed by atoms with E-state index in [1.54, 1.807) is 0 Å². The number of hydrogen-bond acceptors (Lipinski definition) is 2. The molecule has 0 aromatic heterocycles. The fourth-order valence-electron chi connectivity index (χ4n) is 0. The number of rotatable bonds is 1. The second-order valence-electron chi connectivity index (χ2n) is 0.296. The van der Waals surface area contributed by atoms with Crippen LogP contribution >= 0.6 is 9.47 Å². The van der Waals surface area contributed by atoms with E-state index < -0.39 is 0 Å². The van der Waals surface area contributed by atoms with Crippen molar-refractivity contribution >= 4 is 9.47 Å². The van der Waals surface area contributed by atoms with Gasteiger partial charge in [0.25, 0.3) is 0 Å². The fraction of sp³-hybridized carbons (Fsp3) is 0.500. The van der Waals surface area contributed by atoms with E-state index in [4.69, 9.17) is 5.11 Å². The SMILES string of the molecule is OCOP.[CH3-].[Y]. The maximum Gasteiger partial charge on any atom is 0.146 e. The summed E-state index contributed by atoms with van der Waals surface area (Å²) >= 11 is 0. The molecule has 0 amide bonds. The summed E-state index contributed by atoms with van der Waals surface area (Å²) in [6.07, 6.45) is 0. The molecular formula is C2H8O2PY-. The van der Waals surface area contributed by atoms with Crippen LogP contribution in [-0.4, -0.2) is 11.9 Å². The Hall–Kier alpha value is 1.45. The maximum absolute atomic E-state index is 7.63. The summed E-state index contributed by atoms with van der Waals surface area (Å²) in [7, 11) is 1.91. The van der Waals surface area contributed by atoms with Gasteiger partial charge in [-0.15, -0.1) is 0 Å². The Balaban J connectivity index is -0.0000000450. The first kappa shape index (κ1) is 15.7. The van der Waals surface area contributed by atoms with Gasteiger partial charge in [0.15, 0.2) is 0 Å². The van der Waals surface area contributed by atoms with E-state index in [2.05, 4.69) is 4.52 Å². The maximum atomic E-state index is 7.63. The van der Waals surface area contributed by atoms with Crippen LogP contribution in [0.3, 0.4) is 0 Å². The quantitative estimate of drug-likeness (QED) is 0.358. The van der Waals surface area contributed by atoms with Crippen LogP contribution in [0.5, 0.6) is 0 Å². The zero-order valence-corrected chi connectivity index (χ0v) is 7.71. The molecule has 1 radical (unpaired) electrons. The molecule has 1 N–H and O–H groups in total. The van der Waals surface area contributed by atoms with Gasteiger partial charge in [-0.3, -0.25) is 0 Å². The van der Waals surface area contributed by atoms with Crippen molar-refractivity contribution in [1.82, 2.24) is 0 Å². The Kier molecular flexibility index (Phi) is 42.0. The molecule has 0 saturated carbocycles. The second-order valence-corrected chi connectivity index (χ2v) is 0.629. The van der Waals surface area contributed by atoms with Gasteiger partial charge in [0.2, 0.25) is 0 Å². The van der Waals surface area contributed by atoms with Crippen LogP contribution in [0.1, 0.15) is 0 Å². The first-order valence-electron chi connectivity index (χ1n) is 0.841. The van der Waals surface area contributed by atoms with Crippen LogP contribution in [0.4, 0.5) is 0 Å². The van der Waals surface area contributed by atoms with E-state index in [1.807, 2.05) is 9.47 Å². The Bertz CT molecular complexity index is 13.5. The third-order valence-corrected chi connectivity index (χ3v) is 0.224. The van der Waals surface area contributed by atoms with Crippen molar-refractivity contribution in [3.63, 3.8) is 0 Å². The Morgan fingerprint density at radius 3 is 1.83 bits per heavy atom. The molecule has 0 bridgehead atoms. The van der Waals surface area contributed by atoms with Gasteiger partial charge in [-0.05, 0) is 0 Å². The monoisotopic (exact) mass is 184 g/mol. The molecule has 0 aliphatic rings. The molecule has 37 valence electrons. The molecule has 4 heteroatoms. The smallest absolute Gasteiger partial charge is 0.146 e. The molecule has 0 saturated heterocycles. The summed E-state index contributed by atoms with van der Waals surface area (Å²) in [5.74, 6) is 0. The molecule has 0 aliphatic heterocycles. The van der Waals surface area contributed by atoms with Crippen LogP contribution in [0.25, 0.3) is 0 Å². The topological polar surface area (TPSA) is 29.5 Å². The predicted octanol–water partition coefficient (Wildman–Crippen LogP) is 0.191. The van der Waals surface area contributed by atoms with Gasteiger partial charge in [-0.25, -0.2) is 0 Å². The van der Waals surface area contributed by atoms with Gasteiger partial charge in [-0.1, -0.05) is 0 Å². The number of aliphatic hydroxyl groups is 1.